The predicted molar refractivity (Wildman–Crippen MR) is 76.2 cm³/mol. The Morgan fingerprint density at radius 1 is 1.11 bits per heavy atom. The second-order valence-electron chi connectivity index (χ2n) is 5.07. The number of carbonyl (C=O) groups is 1. The first-order chi connectivity index (χ1) is 9.18. The first-order valence-corrected chi connectivity index (χ1v) is 7.02. The summed E-state index contributed by atoms with van der Waals surface area (Å²) in [5.41, 5.74) is 0. The maximum absolute atomic E-state index is 11.4. The molecule has 0 aromatic heterocycles. The van der Waals surface area contributed by atoms with Gasteiger partial charge in [-0.2, -0.15) is 0 Å². The van der Waals surface area contributed by atoms with Crippen molar-refractivity contribution in [2.75, 3.05) is 13.2 Å². The van der Waals surface area contributed by atoms with E-state index in [-0.39, 0.29) is 12.6 Å². The summed E-state index contributed by atoms with van der Waals surface area (Å²) in [4.78, 5) is 11.4. The Hall–Kier alpha value is -1.51. The molecule has 106 valence electrons. The highest BCUT2D eigenvalue weighted by Gasteiger charge is 2.03. The number of carbonyl (C=O) groups excluding carboxylic acids is 1. The zero-order valence-electron chi connectivity index (χ0n) is 11.9. The molecule has 0 bridgehead atoms. The molecule has 0 radical (unpaired) electrons. The van der Waals surface area contributed by atoms with Crippen LogP contribution in [-0.2, 0) is 9.53 Å². The maximum atomic E-state index is 11.4. The summed E-state index contributed by atoms with van der Waals surface area (Å²) in [6, 6.07) is 9.28. The summed E-state index contributed by atoms with van der Waals surface area (Å²) >= 11 is 0. The van der Waals surface area contributed by atoms with Crippen LogP contribution in [0.15, 0.2) is 30.3 Å². The molecule has 3 heteroatoms. The monoisotopic (exact) mass is 264 g/mol. The Morgan fingerprint density at radius 3 is 2.53 bits per heavy atom. The SMILES string of the molecule is CC(C)CCCCCOC(=O)COc1ccccc1. The molecule has 0 aliphatic heterocycles. The van der Waals surface area contributed by atoms with Gasteiger partial charge < -0.3 is 9.47 Å². The summed E-state index contributed by atoms with van der Waals surface area (Å²) < 4.78 is 10.4. The molecule has 0 spiro atoms. The molecule has 0 unspecified atom stereocenters. The Morgan fingerprint density at radius 2 is 1.84 bits per heavy atom. The smallest absolute Gasteiger partial charge is 0.344 e. The van der Waals surface area contributed by atoms with Crippen molar-refractivity contribution in [2.24, 2.45) is 5.92 Å². The molecule has 1 aromatic carbocycles. The zero-order chi connectivity index (χ0) is 13.9. The van der Waals surface area contributed by atoms with Gasteiger partial charge in [-0.05, 0) is 24.5 Å². The van der Waals surface area contributed by atoms with Gasteiger partial charge in [0.25, 0.3) is 0 Å². The van der Waals surface area contributed by atoms with E-state index in [0.29, 0.717) is 12.4 Å². The number of hydrogen-bond acceptors (Lipinski definition) is 3. The molecule has 0 saturated heterocycles. The average molecular weight is 264 g/mol. The van der Waals surface area contributed by atoms with Gasteiger partial charge in [-0.3, -0.25) is 0 Å². The molecule has 0 aliphatic rings. The van der Waals surface area contributed by atoms with Crippen LogP contribution in [0.5, 0.6) is 5.75 Å². The van der Waals surface area contributed by atoms with Gasteiger partial charge in [-0.1, -0.05) is 51.3 Å². The number of benzene rings is 1. The van der Waals surface area contributed by atoms with Crippen LogP contribution in [0.25, 0.3) is 0 Å². The van der Waals surface area contributed by atoms with Crippen LogP contribution in [0.3, 0.4) is 0 Å². The van der Waals surface area contributed by atoms with E-state index in [1.165, 1.54) is 12.8 Å². The van der Waals surface area contributed by atoms with Gasteiger partial charge in [0.2, 0.25) is 0 Å². The summed E-state index contributed by atoms with van der Waals surface area (Å²) in [5.74, 6) is 1.14. The molecule has 19 heavy (non-hydrogen) atoms. The quantitative estimate of drug-likeness (QED) is 0.502. The van der Waals surface area contributed by atoms with Gasteiger partial charge in [0.05, 0.1) is 6.61 Å². The predicted octanol–water partition coefficient (Wildman–Crippen LogP) is 3.83. The fraction of sp³-hybridized carbons (Fsp3) is 0.562. The van der Waals surface area contributed by atoms with E-state index in [0.717, 1.165) is 18.8 Å². The number of rotatable bonds is 9. The summed E-state index contributed by atoms with van der Waals surface area (Å²) in [6.45, 7) is 4.92. The molecule has 0 aliphatic carbocycles. The van der Waals surface area contributed by atoms with Crippen molar-refractivity contribution in [3.8, 4) is 5.75 Å². The third-order valence-electron chi connectivity index (χ3n) is 2.79. The van der Waals surface area contributed by atoms with Crippen molar-refractivity contribution in [1.29, 1.82) is 0 Å². The highest BCUT2D eigenvalue weighted by molar-refractivity contribution is 5.71. The highest BCUT2D eigenvalue weighted by atomic mass is 16.6. The summed E-state index contributed by atoms with van der Waals surface area (Å²) in [7, 11) is 0. The number of para-hydroxylation sites is 1. The molecule has 0 N–H and O–H groups in total. The number of unbranched alkanes of at least 4 members (excludes halogenated alkanes) is 2. The van der Waals surface area contributed by atoms with Crippen molar-refractivity contribution in [3.63, 3.8) is 0 Å². The average Bonchev–Trinajstić information content (AvgIpc) is 2.41. The molecule has 0 heterocycles. The third kappa shape index (κ3) is 8.25. The molecule has 0 atom stereocenters. The lowest BCUT2D eigenvalue weighted by Crippen LogP contribution is -2.15. The van der Waals surface area contributed by atoms with Crippen LogP contribution in [-0.4, -0.2) is 19.2 Å². The standard InChI is InChI=1S/C16H24O3/c1-14(2)9-5-4-8-12-18-16(17)13-19-15-10-6-3-7-11-15/h3,6-7,10-11,14H,4-5,8-9,12-13H2,1-2H3. The van der Waals surface area contributed by atoms with Crippen molar-refractivity contribution in [3.05, 3.63) is 30.3 Å². The lowest BCUT2D eigenvalue weighted by atomic mass is 10.1. The minimum absolute atomic E-state index is 0.0178. The fourth-order valence-electron chi connectivity index (χ4n) is 1.72. The second kappa shape index (κ2) is 9.42. The van der Waals surface area contributed by atoms with Gasteiger partial charge in [-0.15, -0.1) is 0 Å². The third-order valence-corrected chi connectivity index (χ3v) is 2.79. The number of esters is 1. The van der Waals surface area contributed by atoms with Crippen LogP contribution in [0.2, 0.25) is 0 Å². The van der Waals surface area contributed by atoms with E-state index in [1.807, 2.05) is 30.3 Å². The largest absolute Gasteiger partial charge is 0.482 e. The topological polar surface area (TPSA) is 35.5 Å². The van der Waals surface area contributed by atoms with Gasteiger partial charge in [0.15, 0.2) is 6.61 Å². The Bertz CT molecular complexity index is 346. The lowest BCUT2D eigenvalue weighted by Gasteiger charge is -2.07. The van der Waals surface area contributed by atoms with Gasteiger partial charge >= 0.3 is 5.97 Å². The van der Waals surface area contributed by atoms with E-state index >= 15 is 0 Å². The molecule has 1 rings (SSSR count). The van der Waals surface area contributed by atoms with Crippen LogP contribution < -0.4 is 4.74 Å². The highest BCUT2D eigenvalue weighted by Crippen LogP contribution is 2.09. The number of ether oxygens (including phenoxy) is 2. The summed E-state index contributed by atoms with van der Waals surface area (Å²) in [5, 5.41) is 0. The normalized spacial score (nSPS) is 10.5. The molecule has 0 amide bonds. The molecule has 3 nitrogen and oxygen atoms in total. The van der Waals surface area contributed by atoms with E-state index in [4.69, 9.17) is 9.47 Å². The Kier molecular flexibility index (Phi) is 7.71. The fourth-order valence-corrected chi connectivity index (χ4v) is 1.72. The van der Waals surface area contributed by atoms with E-state index in [2.05, 4.69) is 13.8 Å². The van der Waals surface area contributed by atoms with E-state index in [9.17, 15) is 4.79 Å². The molecule has 1 aromatic rings. The lowest BCUT2D eigenvalue weighted by molar-refractivity contribution is -0.146. The van der Waals surface area contributed by atoms with Gasteiger partial charge in [0.1, 0.15) is 5.75 Å². The van der Waals surface area contributed by atoms with Crippen LogP contribution in [0.4, 0.5) is 0 Å². The van der Waals surface area contributed by atoms with Crippen molar-refractivity contribution < 1.29 is 14.3 Å². The van der Waals surface area contributed by atoms with Crippen molar-refractivity contribution in [1.82, 2.24) is 0 Å². The minimum Gasteiger partial charge on any atom is -0.482 e. The van der Waals surface area contributed by atoms with Gasteiger partial charge in [0, 0.05) is 0 Å². The zero-order valence-corrected chi connectivity index (χ0v) is 11.9. The molecular formula is C16H24O3. The Balaban J connectivity index is 1.99. The van der Waals surface area contributed by atoms with Crippen LogP contribution >= 0.6 is 0 Å². The first-order valence-electron chi connectivity index (χ1n) is 7.02. The Labute approximate surface area is 115 Å². The van der Waals surface area contributed by atoms with Crippen molar-refractivity contribution in [2.45, 2.75) is 39.5 Å². The molecule has 0 fully saturated rings. The minimum atomic E-state index is -0.298. The van der Waals surface area contributed by atoms with Gasteiger partial charge in [-0.25, -0.2) is 4.79 Å². The van der Waals surface area contributed by atoms with E-state index < -0.39 is 0 Å². The molecular weight excluding hydrogens is 240 g/mol. The second-order valence-corrected chi connectivity index (χ2v) is 5.07. The number of hydrogen-bond donors (Lipinski definition) is 0. The maximum Gasteiger partial charge on any atom is 0.344 e. The molecule has 0 saturated carbocycles. The first kappa shape index (κ1) is 15.5. The van der Waals surface area contributed by atoms with E-state index in [1.54, 1.807) is 0 Å². The van der Waals surface area contributed by atoms with Crippen LogP contribution in [0.1, 0.15) is 39.5 Å². The van der Waals surface area contributed by atoms with Crippen LogP contribution in [0, 0.1) is 5.92 Å². The summed E-state index contributed by atoms with van der Waals surface area (Å²) in [6.07, 6.45) is 4.50. The van der Waals surface area contributed by atoms with Crippen molar-refractivity contribution >= 4 is 5.97 Å².